The van der Waals surface area contributed by atoms with Gasteiger partial charge in [-0.3, -0.25) is 29.9 Å². The maximum atomic E-state index is 12.6. The first kappa shape index (κ1) is 17.3. The molecule has 0 spiro atoms. The molecule has 1 fully saturated rings. The van der Waals surface area contributed by atoms with E-state index in [0.29, 0.717) is 35.1 Å². The number of benzene rings is 1. The van der Waals surface area contributed by atoms with Crippen LogP contribution < -0.4 is 15.5 Å². The number of halogens is 1. The molecule has 0 radical (unpaired) electrons. The maximum absolute atomic E-state index is 12.6. The number of piperidine rings is 1. The molecular weight excluding hydrogens is 396 g/mol. The van der Waals surface area contributed by atoms with Gasteiger partial charge in [-0.15, -0.1) is 0 Å². The third kappa shape index (κ3) is 3.34. The zero-order valence-corrected chi connectivity index (χ0v) is 14.7. The van der Waals surface area contributed by atoms with Crippen molar-refractivity contribution in [1.29, 1.82) is 0 Å². The van der Waals surface area contributed by atoms with Gasteiger partial charge in [-0.1, -0.05) is 0 Å². The maximum Gasteiger partial charge on any atom is 0.322 e. The van der Waals surface area contributed by atoms with E-state index in [1.54, 1.807) is 0 Å². The van der Waals surface area contributed by atoms with Gasteiger partial charge < -0.3 is 5.32 Å². The van der Waals surface area contributed by atoms with Crippen molar-refractivity contribution in [2.24, 2.45) is 0 Å². The van der Waals surface area contributed by atoms with Crippen LogP contribution in [0, 0.1) is 10.1 Å². The molecule has 2 heterocycles. The van der Waals surface area contributed by atoms with Gasteiger partial charge in [0.15, 0.2) is 0 Å². The molecular formula is C15H15BrN4O5. The lowest BCUT2D eigenvalue weighted by Gasteiger charge is -2.32. The number of fused-ring (bicyclic) bond motifs is 1. The highest BCUT2D eigenvalue weighted by Crippen LogP contribution is 2.39. The van der Waals surface area contributed by atoms with Crippen molar-refractivity contribution in [2.75, 3.05) is 11.4 Å². The third-order valence-corrected chi connectivity index (χ3v) is 4.91. The Balaban J connectivity index is 1.86. The largest absolute Gasteiger partial charge is 0.326 e. The smallest absolute Gasteiger partial charge is 0.322 e. The number of rotatable bonds is 2. The molecule has 9 nitrogen and oxygen atoms in total. The van der Waals surface area contributed by atoms with Gasteiger partial charge in [-0.2, -0.15) is 0 Å². The van der Waals surface area contributed by atoms with E-state index < -0.39 is 22.9 Å². The van der Waals surface area contributed by atoms with Crippen LogP contribution in [0.4, 0.5) is 16.2 Å². The lowest BCUT2D eigenvalue weighted by molar-refractivity contribution is -0.385. The summed E-state index contributed by atoms with van der Waals surface area (Å²) in [4.78, 5) is 47.8. The number of anilines is 1. The third-order valence-electron chi connectivity index (χ3n) is 4.27. The van der Waals surface area contributed by atoms with Crippen LogP contribution in [-0.4, -0.2) is 35.4 Å². The molecule has 3 rings (SSSR count). The Labute approximate surface area is 151 Å². The minimum absolute atomic E-state index is 0.0308. The molecule has 1 unspecified atom stereocenters. The predicted molar refractivity (Wildman–Crippen MR) is 91.2 cm³/mol. The predicted octanol–water partition coefficient (Wildman–Crippen LogP) is 1.62. The Morgan fingerprint density at radius 1 is 1.36 bits per heavy atom. The number of hydrogen-bond donors (Lipinski definition) is 2. The van der Waals surface area contributed by atoms with Crippen LogP contribution in [0.15, 0.2) is 16.6 Å². The quantitative estimate of drug-likeness (QED) is 0.435. The summed E-state index contributed by atoms with van der Waals surface area (Å²) in [5.74, 6) is -0.905. The summed E-state index contributed by atoms with van der Waals surface area (Å²) in [5, 5.41) is 16.0. The second-order valence-corrected chi connectivity index (χ2v) is 6.71. The number of nitrogens with zero attached hydrogens (tertiary/aromatic N) is 2. The molecule has 2 aliphatic rings. The fraction of sp³-hybridized carbons (Fsp3) is 0.400. The Morgan fingerprint density at radius 3 is 2.80 bits per heavy atom. The van der Waals surface area contributed by atoms with Crippen LogP contribution in [0.1, 0.15) is 24.8 Å². The van der Waals surface area contributed by atoms with E-state index in [9.17, 15) is 24.5 Å². The topological polar surface area (TPSA) is 122 Å². The first-order chi connectivity index (χ1) is 11.9. The fourth-order valence-corrected chi connectivity index (χ4v) is 3.68. The number of imide groups is 1. The normalized spacial score (nSPS) is 19.9. The summed E-state index contributed by atoms with van der Waals surface area (Å²) in [6.45, 7) is 0.381. The molecule has 0 bridgehead atoms. The zero-order chi connectivity index (χ0) is 18.1. The van der Waals surface area contributed by atoms with Crippen LogP contribution in [0.5, 0.6) is 0 Å². The highest BCUT2D eigenvalue weighted by atomic mass is 79.9. The average molecular weight is 411 g/mol. The van der Waals surface area contributed by atoms with E-state index in [0.717, 1.165) is 0 Å². The van der Waals surface area contributed by atoms with Gasteiger partial charge in [0.25, 0.3) is 5.69 Å². The van der Waals surface area contributed by atoms with E-state index in [4.69, 9.17) is 0 Å². The molecule has 1 saturated heterocycles. The van der Waals surface area contributed by atoms with Crippen LogP contribution in [-0.2, 0) is 16.0 Å². The molecule has 0 aromatic heterocycles. The van der Waals surface area contributed by atoms with E-state index in [1.165, 1.54) is 17.0 Å². The Kier molecular flexibility index (Phi) is 4.71. The van der Waals surface area contributed by atoms with Crippen molar-refractivity contribution in [2.45, 2.75) is 31.7 Å². The van der Waals surface area contributed by atoms with Crippen molar-refractivity contribution in [3.8, 4) is 0 Å². The van der Waals surface area contributed by atoms with Gasteiger partial charge in [0, 0.05) is 23.5 Å². The number of nitro groups is 1. The number of urea groups is 1. The minimum atomic E-state index is -0.798. The summed E-state index contributed by atoms with van der Waals surface area (Å²) in [6, 6.07) is 1.63. The molecule has 4 amide bonds. The Bertz CT molecular complexity index is 781. The van der Waals surface area contributed by atoms with Crippen molar-refractivity contribution in [3.63, 3.8) is 0 Å². The monoisotopic (exact) mass is 410 g/mol. The molecule has 1 atom stereocenters. The second kappa shape index (κ2) is 6.79. The molecule has 2 N–H and O–H groups in total. The van der Waals surface area contributed by atoms with E-state index in [-0.39, 0.29) is 24.4 Å². The second-order valence-electron chi connectivity index (χ2n) is 5.86. The van der Waals surface area contributed by atoms with Crippen LogP contribution >= 0.6 is 15.9 Å². The Hall–Kier alpha value is -2.49. The molecule has 0 saturated carbocycles. The number of carbonyl (C=O) groups is 3. The van der Waals surface area contributed by atoms with E-state index in [1.807, 2.05) is 0 Å². The highest BCUT2D eigenvalue weighted by Gasteiger charge is 2.33. The minimum Gasteiger partial charge on any atom is -0.326 e. The number of nitro benzene ring substituents is 1. The van der Waals surface area contributed by atoms with E-state index >= 15 is 0 Å². The van der Waals surface area contributed by atoms with Gasteiger partial charge in [-0.25, -0.2) is 4.79 Å². The average Bonchev–Trinajstić information content (AvgIpc) is 2.57. The first-order valence-corrected chi connectivity index (χ1v) is 8.55. The van der Waals surface area contributed by atoms with Crippen molar-refractivity contribution >= 4 is 45.2 Å². The number of amides is 4. The number of hydrogen-bond acceptors (Lipinski definition) is 5. The standard InChI is InChI=1S/C15H15BrN4O5/c16-9-3-5-11(20(24)25)8-2-1-7-19(13(8)9)15(23)17-10-4-6-12(21)18-14(10)22/h3,5,10H,1-2,4,6-7H2,(H,17,23)(H,18,21,22). The SMILES string of the molecule is O=C1CCC(NC(=O)N2CCCc3c([N+](=O)[O-])ccc(Br)c32)C(=O)N1. The summed E-state index contributed by atoms with van der Waals surface area (Å²) < 4.78 is 0.575. The van der Waals surface area contributed by atoms with Crippen molar-refractivity contribution < 1.29 is 19.3 Å². The lowest BCUT2D eigenvalue weighted by Crippen LogP contribution is -2.55. The van der Waals surface area contributed by atoms with Crippen molar-refractivity contribution in [1.82, 2.24) is 10.6 Å². The van der Waals surface area contributed by atoms with Gasteiger partial charge in [-0.05, 0) is 41.3 Å². The highest BCUT2D eigenvalue weighted by molar-refractivity contribution is 9.10. The van der Waals surface area contributed by atoms with Gasteiger partial charge in [0.05, 0.1) is 16.2 Å². The molecule has 1 aromatic rings. The Morgan fingerprint density at radius 2 is 2.12 bits per heavy atom. The molecule has 2 aliphatic heterocycles. The van der Waals surface area contributed by atoms with Crippen LogP contribution in [0.2, 0.25) is 0 Å². The molecule has 132 valence electrons. The van der Waals surface area contributed by atoms with Crippen LogP contribution in [0.3, 0.4) is 0 Å². The molecule has 0 aliphatic carbocycles. The van der Waals surface area contributed by atoms with E-state index in [2.05, 4.69) is 26.6 Å². The molecule has 25 heavy (non-hydrogen) atoms. The van der Waals surface area contributed by atoms with Crippen LogP contribution in [0.25, 0.3) is 0 Å². The van der Waals surface area contributed by atoms with Gasteiger partial charge in [0.2, 0.25) is 11.8 Å². The number of carbonyl (C=O) groups excluding carboxylic acids is 3. The number of nitrogens with one attached hydrogen (secondary N) is 2. The van der Waals surface area contributed by atoms with Gasteiger partial charge in [0.1, 0.15) is 6.04 Å². The summed E-state index contributed by atoms with van der Waals surface area (Å²) >= 11 is 3.35. The molecule has 10 heteroatoms. The summed E-state index contributed by atoms with van der Waals surface area (Å²) in [5.41, 5.74) is 0.908. The fourth-order valence-electron chi connectivity index (χ4n) is 3.09. The zero-order valence-electron chi connectivity index (χ0n) is 13.1. The first-order valence-electron chi connectivity index (χ1n) is 7.76. The summed E-state index contributed by atoms with van der Waals surface area (Å²) in [6.07, 6.45) is 1.45. The lowest BCUT2D eigenvalue weighted by atomic mass is 10.00. The van der Waals surface area contributed by atoms with Crippen molar-refractivity contribution in [3.05, 3.63) is 32.3 Å². The van der Waals surface area contributed by atoms with Gasteiger partial charge >= 0.3 is 6.03 Å². The summed E-state index contributed by atoms with van der Waals surface area (Å²) in [7, 11) is 0. The molecule has 1 aromatic carbocycles.